The predicted octanol–water partition coefficient (Wildman–Crippen LogP) is 3.32. The average molecular weight is 391 g/mol. The van der Waals surface area contributed by atoms with Crippen LogP contribution in [0.15, 0.2) is 18.2 Å². The number of carbonyl (C=O) groups is 3. The molecule has 2 unspecified atom stereocenters. The van der Waals surface area contributed by atoms with Crippen molar-refractivity contribution in [3.63, 3.8) is 0 Å². The minimum absolute atomic E-state index is 0.0865. The van der Waals surface area contributed by atoms with Crippen molar-refractivity contribution < 1.29 is 19.2 Å². The van der Waals surface area contributed by atoms with E-state index in [0.29, 0.717) is 22.9 Å². The quantitative estimate of drug-likeness (QED) is 0.742. The van der Waals surface area contributed by atoms with Gasteiger partial charge < -0.3 is 0 Å². The van der Waals surface area contributed by atoms with Crippen LogP contribution in [-0.2, 0) is 25.8 Å². The van der Waals surface area contributed by atoms with Crippen molar-refractivity contribution in [2.75, 3.05) is 11.5 Å². The zero-order valence-corrected chi connectivity index (χ0v) is 16.3. The highest BCUT2D eigenvalue weighted by Crippen LogP contribution is 2.41. The number of imide groups is 1. The smallest absolute Gasteiger partial charge is 0.254 e. The third kappa shape index (κ3) is 3.05. The van der Waals surface area contributed by atoms with Crippen molar-refractivity contribution in [2.45, 2.75) is 46.1 Å². The highest BCUT2D eigenvalue weighted by atomic mass is 35.5. The second-order valence-corrected chi connectivity index (χ2v) is 8.69. The van der Waals surface area contributed by atoms with Crippen LogP contribution in [0.3, 0.4) is 0 Å². The van der Waals surface area contributed by atoms with Gasteiger partial charge in [0.2, 0.25) is 11.8 Å². The van der Waals surface area contributed by atoms with E-state index in [2.05, 4.69) is 0 Å². The van der Waals surface area contributed by atoms with E-state index in [4.69, 9.17) is 16.4 Å². The molecule has 0 radical (unpaired) electrons. The van der Waals surface area contributed by atoms with Crippen LogP contribution in [0.5, 0.6) is 0 Å². The first-order valence-corrected chi connectivity index (χ1v) is 9.78. The van der Waals surface area contributed by atoms with Gasteiger partial charge in [0.15, 0.2) is 0 Å². The van der Waals surface area contributed by atoms with Crippen molar-refractivity contribution >= 4 is 35.0 Å². The lowest BCUT2D eigenvalue weighted by Gasteiger charge is -2.19. The number of hydrogen-bond donors (Lipinski definition) is 0. The Morgan fingerprint density at radius 3 is 2.26 bits per heavy atom. The molecule has 0 N–H and O–H groups in total. The predicted molar refractivity (Wildman–Crippen MR) is 99.7 cm³/mol. The maximum atomic E-state index is 12.7. The van der Waals surface area contributed by atoms with E-state index in [9.17, 15) is 14.4 Å². The zero-order chi connectivity index (χ0) is 19.3. The van der Waals surface area contributed by atoms with Crippen LogP contribution < -0.4 is 4.90 Å². The number of fused-ring (bicyclic) bond motifs is 1. The second-order valence-electron chi connectivity index (χ2n) is 8.28. The summed E-state index contributed by atoms with van der Waals surface area (Å²) >= 11 is 6.41. The topological polar surface area (TPSA) is 66.9 Å². The minimum atomic E-state index is -0.545. The summed E-state index contributed by atoms with van der Waals surface area (Å²) in [6.07, 6.45) is 3.55. The van der Waals surface area contributed by atoms with Crippen molar-refractivity contribution in [1.29, 1.82) is 0 Å². The molecular formula is C20H23ClN2O4. The molecule has 2 heterocycles. The Labute approximate surface area is 163 Å². The molecule has 3 fully saturated rings. The lowest BCUT2D eigenvalue weighted by molar-refractivity contribution is -0.165. The monoisotopic (exact) mass is 390 g/mol. The Balaban J connectivity index is 1.55. The second kappa shape index (κ2) is 6.60. The number of benzene rings is 1. The summed E-state index contributed by atoms with van der Waals surface area (Å²) in [6, 6.07) is 5.11. The van der Waals surface area contributed by atoms with Gasteiger partial charge in [-0.15, -0.1) is 0 Å². The number of amides is 3. The van der Waals surface area contributed by atoms with E-state index in [1.54, 1.807) is 18.2 Å². The van der Waals surface area contributed by atoms with Crippen molar-refractivity contribution in [3.05, 3.63) is 28.8 Å². The number of carbonyl (C=O) groups excluding carboxylic acids is 3. The van der Waals surface area contributed by atoms with Gasteiger partial charge in [-0.05, 0) is 44.4 Å². The van der Waals surface area contributed by atoms with Crippen LogP contribution in [0.25, 0.3) is 0 Å². The molecule has 0 bridgehead atoms. The SMILES string of the molecule is CC1(C)CON(Cc2ccc(N3C(=O)C4CCCCC4C3=O)cc2Cl)C1=O. The highest BCUT2D eigenvalue weighted by molar-refractivity contribution is 6.32. The first-order valence-electron chi connectivity index (χ1n) is 9.41. The van der Waals surface area contributed by atoms with Crippen LogP contribution in [0, 0.1) is 17.3 Å². The molecule has 3 aliphatic rings. The van der Waals surface area contributed by atoms with E-state index in [0.717, 1.165) is 25.7 Å². The molecule has 0 aromatic heterocycles. The number of halogens is 1. The third-order valence-corrected chi connectivity index (χ3v) is 6.19. The number of hydrogen-bond acceptors (Lipinski definition) is 4. The third-order valence-electron chi connectivity index (χ3n) is 5.84. The molecule has 1 aromatic carbocycles. The number of nitrogens with zero attached hydrogens (tertiary/aromatic N) is 2. The Morgan fingerprint density at radius 2 is 1.74 bits per heavy atom. The van der Waals surface area contributed by atoms with E-state index >= 15 is 0 Å². The van der Waals surface area contributed by atoms with E-state index in [-0.39, 0.29) is 36.1 Å². The van der Waals surface area contributed by atoms with Crippen LogP contribution in [-0.4, -0.2) is 29.4 Å². The van der Waals surface area contributed by atoms with Gasteiger partial charge in [0.25, 0.3) is 5.91 Å². The van der Waals surface area contributed by atoms with Gasteiger partial charge in [-0.25, -0.2) is 5.06 Å². The maximum Gasteiger partial charge on any atom is 0.254 e. The van der Waals surface area contributed by atoms with Crippen LogP contribution in [0.2, 0.25) is 5.02 Å². The Kier molecular flexibility index (Phi) is 4.51. The Hall–Kier alpha value is -1.92. The molecule has 2 aliphatic heterocycles. The molecule has 1 aliphatic carbocycles. The summed E-state index contributed by atoms with van der Waals surface area (Å²) in [7, 11) is 0. The average Bonchev–Trinajstić information content (AvgIpc) is 3.05. The fourth-order valence-corrected chi connectivity index (χ4v) is 4.42. The summed E-state index contributed by atoms with van der Waals surface area (Å²) in [5, 5.41) is 1.73. The van der Waals surface area contributed by atoms with Crippen LogP contribution in [0.1, 0.15) is 45.1 Å². The normalized spacial score (nSPS) is 27.4. The fourth-order valence-electron chi connectivity index (χ4n) is 4.19. The van der Waals surface area contributed by atoms with Gasteiger partial charge in [-0.3, -0.25) is 24.1 Å². The molecule has 0 spiro atoms. The van der Waals surface area contributed by atoms with Gasteiger partial charge in [0, 0.05) is 5.02 Å². The molecule has 4 rings (SSSR count). The summed E-state index contributed by atoms with van der Waals surface area (Å²) < 4.78 is 0. The standard InChI is InChI=1S/C20H23ClN2O4/c1-20(2)11-27-22(19(20)26)10-12-7-8-13(9-16(12)21)23-17(24)14-5-3-4-6-15(14)18(23)25/h7-9,14-15H,3-6,10-11H2,1-2H3. The van der Waals surface area contributed by atoms with Crippen molar-refractivity contribution in [3.8, 4) is 0 Å². The van der Waals surface area contributed by atoms with Gasteiger partial charge in [0.1, 0.15) is 0 Å². The summed E-state index contributed by atoms with van der Waals surface area (Å²) in [5.41, 5.74) is 0.669. The number of anilines is 1. The summed E-state index contributed by atoms with van der Waals surface area (Å²) in [5.74, 6) is -0.705. The molecule has 144 valence electrons. The Morgan fingerprint density at radius 1 is 1.11 bits per heavy atom. The largest absolute Gasteiger partial charge is 0.274 e. The Bertz CT molecular complexity index is 798. The number of hydroxylamine groups is 2. The first kappa shape index (κ1) is 18.4. The molecule has 2 atom stereocenters. The highest BCUT2D eigenvalue weighted by Gasteiger charge is 2.48. The van der Waals surface area contributed by atoms with Gasteiger partial charge in [-0.2, -0.15) is 0 Å². The summed E-state index contributed by atoms with van der Waals surface area (Å²) in [4.78, 5) is 44.5. The van der Waals surface area contributed by atoms with Crippen molar-refractivity contribution in [2.24, 2.45) is 17.3 Å². The zero-order valence-electron chi connectivity index (χ0n) is 15.5. The molecule has 1 aromatic rings. The van der Waals surface area contributed by atoms with Gasteiger partial charge >= 0.3 is 0 Å². The lowest BCUT2D eigenvalue weighted by atomic mass is 9.81. The van der Waals surface area contributed by atoms with E-state index < -0.39 is 5.41 Å². The fraction of sp³-hybridized carbons (Fsp3) is 0.550. The maximum absolute atomic E-state index is 12.7. The van der Waals surface area contributed by atoms with Crippen molar-refractivity contribution in [1.82, 2.24) is 5.06 Å². The molecule has 7 heteroatoms. The van der Waals surface area contributed by atoms with E-state index in [1.165, 1.54) is 9.96 Å². The van der Waals surface area contributed by atoms with Gasteiger partial charge in [-0.1, -0.05) is 30.5 Å². The van der Waals surface area contributed by atoms with Crippen LogP contribution >= 0.6 is 11.6 Å². The lowest BCUT2D eigenvalue weighted by Crippen LogP contribution is -2.31. The molecule has 2 saturated heterocycles. The summed E-state index contributed by atoms with van der Waals surface area (Å²) in [6.45, 7) is 4.24. The molecule has 6 nitrogen and oxygen atoms in total. The van der Waals surface area contributed by atoms with Gasteiger partial charge in [0.05, 0.1) is 36.1 Å². The minimum Gasteiger partial charge on any atom is -0.274 e. The number of rotatable bonds is 3. The first-order chi connectivity index (χ1) is 12.8. The van der Waals surface area contributed by atoms with Crippen LogP contribution in [0.4, 0.5) is 5.69 Å². The molecule has 27 heavy (non-hydrogen) atoms. The molecule has 3 amide bonds. The molecule has 1 saturated carbocycles. The molecular weight excluding hydrogens is 368 g/mol. The van der Waals surface area contributed by atoms with E-state index in [1.807, 2.05) is 13.8 Å².